The molecule has 2 aromatic heterocycles. The van der Waals surface area contributed by atoms with E-state index in [-0.39, 0.29) is 19.1 Å². The molecule has 2 aromatic carbocycles. The van der Waals surface area contributed by atoms with Crippen molar-refractivity contribution in [2.45, 2.75) is 38.2 Å². The lowest BCUT2D eigenvalue weighted by Crippen LogP contribution is -2.30. The maximum Gasteiger partial charge on any atom is 0.345 e. The number of carbonyl (C=O) groups is 1. The summed E-state index contributed by atoms with van der Waals surface area (Å²) in [5.41, 5.74) is 2.40. The van der Waals surface area contributed by atoms with Crippen molar-refractivity contribution in [2.75, 3.05) is 26.6 Å². The number of nitrogens with zero attached hydrogens (tertiary/aromatic N) is 2. The summed E-state index contributed by atoms with van der Waals surface area (Å²) in [5.74, 6) is 0.879. The van der Waals surface area contributed by atoms with Crippen molar-refractivity contribution in [3.8, 4) is 34.3 Å². The number of thiophene rings is 1. The number of hydrogen-bond donors (Lipinski definition) is 1. The predicted molar refractivity (Wildman–Crippen MR) is 156 cm³/mol. The number of benzene rings is 2. The molecule has 0 saturated carbocycles. The molecule has 0 spiro atoms. The summed E-state index contributed by atoms with van der Waals surface area (Å²) in [6.45, 7) is 8.19. The van der Waals surface area contributed by atoms with Gasteiger partial charge >= 0.3 is 5.97 Å². The van der Waals surface area contributed by atoms with E-state index in [1.54, 1.807) is 18.2 Å². The molecule has 0 radical (unpaired) electrons. The Labute approximate surface area is 237 Å². The number of rotatable bonds is 7. The molecule has 210 valence electrons. The monoisotopic (exact) mass is 580 g/mol. The highest BCUT2D eigenvalue weighted by Gasteiger charge is 2.26. The predicted octanol–water partition coefficient (Wildman–Crippen LogP) is 5.90. The summed E-state index contributed by atoms with van der Waals surface area (Å²) in [5, 5.41) is 12.8. The molecule has 0 fully saturated rings. The largest absolute Gasteiger partial charge is 0.490 e. The van der Waals surface area contributed by atoms with Crippen molar-refractivity contribution in [1.82, 2.24) is 9.97 Å². The van der Waals surface area contributed by atoms with E-state index < -0.39 is 20.1 Å². The number of carboxylic acids is 1. The third-order valence-corrected chi connectivity index (χ3v) is 8.97. The Morgan fingerprint density at radius 3 is 2.58 bits per heavy atom. The average molecular weight is 581 g/mol. The van der Waals surface area contributed by atoms with E-state index in [0.717, 1.165) is 17.2 Å². The highest BCUT2D eigenvalue weighted by molar-refractivity contribution is 7.17. The van der Waals surface area contributed by atoms with Gasteiger partial charge in [-0.15, -0.1) is 11.3 Å². The van der Waals surface area contributed by atoms with Gasteiger partial charge in [-0.3, -0.25) is 0 Å². The topological polar surface area (TPSA) is 109 Å². The first-order valence-corrected chi connectivity index (χ1v) is 17.7. The maximum absolute atomic E-state index is 12.4. The van der Waals surface area contributed by atoms with Crippen molar-refractivity contribution in [3.63, 3.8) is 0 Å². The highest BCUT2D eigenvalue weighted by Crippen LogP contribution is 2.39. The van der Waals surface area contributed by atoms with E-state index in [0.29, 0.717) is 52.8 Å². The Bertz CT molecular complexity index is 1470. The summed E-state index contributed by atoms with van der Waals surface area (Å²) in [7, 11) is -1.23. The summed E-state index contributed by atoms with van der Waals surface area (Å²) < 4.78 is 29.5. The Kier molecular flexibility index (Phi) is 8.53. The maximum atomic E-state index is 12.4. The molecule has 2 aliphatic rings. The van der Waals surface area contributed by atoms with Gasteiger partial charge in [-0.2, -0.15) is 0 Å². The van der Waals surface area contributed by atoms with Crippen LogP contribution in [0.2, 0.25) is 25.7 Å². The van der Waals surface area contributed by atoms with Gasteiger partial charge in [-0.05, 0) is 41.9 Å². The average Bonchev–Trinajstić information content (AvgIpc) is 3.36. The third kappa shape index (κ3) is 6.90. The molecule has 40 heavy (non-hydrogen) atoms. The highest BCUT2D eigenvalue weighted by atomic mass is 32.1. The van der Waals surface area contributed by atoms with Gasteiger partial charge in [0.25, 0.3) is 0 Å². The van der Waals surface area contributed by atoms with E-state index in [1.165, 1.54) is 17.7 Å². The number of hydrogen-bond acceptors (Lipinski definition) is 9. The molecular weight excluding hydrogens is 548 g/mol. The van der Waals surface area contributed by atoms with Crippen LogP contribution in [-0.4, -0.2) is 61.8 Å². The van der Waals surface area contributed by atoms with Gasteiger partial charge in [0.1, 0.15) is 41.6 Å². The van der Waals surface area contributed by atoms with Crippen LogP contribution in [0.5, 0.6) is 23.1 Å². The Morgan fingerprint density at radius 1 is 1.07 bits per heavy atom. The first-order valence-electron chi connectivity index (χ1n) is 13.1. The van der Waals surface area contributed by atoms with Crippen LogP contribution in [0.3, 0.4) is 0 Å². The van der Waals surface area contributed by atoms with Gasteiger partial charge in [-0.1, -0.05) is 31.8 Å². The molecule has 4 bridgehead atoms. The lowest BCUT2D eigenvalue weighted by Gasteiger charge is -2.19. The van der Waals surface area contributed by atoms with Gasteiger partial charge in [0.05, 0.1) is 5.39 Å². The van der Waals surface area contributed by atoms with Crippen LogP contribution < -0.4 is 18.9 Å². The third-order valence-electron chi connectivity index (χ3n) is 6.38. The lowest BCUT2D eigenvalue weighted by molar-refractivity contribution is -0.145. The lowest BCUT2D eigenvalue weighted by atomic mass is 10.1. The van der Waals surface area contributed by atoms with Crippen LogP contribution in [0, 0.1) is 0 Å². The van der Waals surface area contributed by atoms with Crippen molar-refractivity contribution < 1.29 is 33.6 Å². The molecule has 0 saturated heterocycles. The zero-order valence-electron chi connectivity index (χ0n) is 22.7. The van der Waals surface area contributed by atoms with Crippen LogP contribution in [0.25, 0.3) is 21.3 Å². The zero-order valence-corrected chi connectivity index (χ0v) is 24.5. The number of ether oxygens (including phenoxy) is 5. The van der Waals surface area contributed by atoms with Gasteiger partial charge in [0.15, 0.2) is 6.79 Å². The van der Waals surface area contributed by atoms with Gasteiger partial charge < -0.3 is 28.8 Å². The van der Waals surface area contributed by atoms with Crippen LogP contribution in [0.15, 0.2) is 54.2 Å². The van der Waals surface area contributed by atoms with E-state index in [4.69, 9.17) is 23.7 Å². The normalized spacial score (nSPS) is 15.5. The Morgan fingerprint density at radius 2 is 1.82 bits per heavy atom. The van der Waals surface area contributed by atoms with Crippen molar-refractivity contribution >= 4 is 35.6 Å². The fourth-order valence-corrected chi connectivity index (χ4v) is 5.86. The molecule has 0 aliphatic carbocycles. The molecule has 11 heteroatoms. The van der Waals surface area contributed by atoms with E-state index in [1.807, 2.05) is 29.6 Å². The Hall–Kier alpha value is -3.67. The number of aliphatic carboxylic acids is 1. The first-order chi connectivity index (χ1) is 19.3. The van der Waals surface area contributed by atoms with Crippen molar-refractivity contribution in [3.05, 3.63) is 59.7 Å². The molecule has 4 aromatic rings. The second-order valence-corrected chi connectivity index (χ2v) is 17.1. The fraction of sp³-hybridized carbons (Fsp3) is 0.345. The van der Waals surface area contributed by atoms with Crippen LogP contribution in [-0.2, 0) is 16.0 Å². The first kappa shape index (κ1) is 27.9. The Balaban J connectivity index is 1.46. The second kappa shape index (κ2) is 12.2. The molecule has 6 rings (SSSR count). The minimum Gasteiger partial charge on any atom is -0.490 e. The molecule has 1 unspecified atom stereocenters. The number of fused-ring (bicyclic) bond motifs is 7. The van der Waals surface area contributed by atoms with Crippen molar-refractivity contribution in [1.29, 1.82) is 0 Å². The zero-order chi connectivity index (χ0) is 28.1. The molecule has 9 nitrogen and oxygen atoms in total. The quantitative estimate of drug-likeness (QED) is 0.162. The minimum atomic E-state index is -1.24. The number of aromatic nitrogens is 2. The van der Waals surface area contributed by atoms with E-state index >= 15 is 0 Å². The molecular formula is C29H32N2O7SSi. The van der Waals surface area contributed by atoms with Gasteiger partial charge in [0, 0.05) is 37.6 Å². The fourth-order valence-electron chi connectivity index (χ4n) is 4.20. The summed E-state index contributed by atoms with van der Waals surface area (Å²) in [6.07, 6.45) is 0.168. The molecule has 1 N–H and O–H groups in total. The van der Waals surface area contributed by atoms with E-state index in [2.05, 4.69) is 29.6 Å². The van der Waals surface area contributed by atoms with Crippen LogP contribution >= 0.6 is 11.3 Å². The SMILES string of the molecule is C[Si](C)(C)CCOCOc1ccc2cc1CC(C(=O)O)Oc1ncnc3scc(c13)-c1ccc(cc1)OCCO2. The molecule has 0 amide bonds. The second-order valence-electron chi connectivity index (χ2n) is 10.6. The van der Waals surface area contributed by atoms with E-state index in [9.17, 15) is 9.90 Å². The van der Waals surface area contributed by atoms with Crippen LogP contribution in [0.4, 0.5) is 0 Å². The summed E-state index contributed by atoms with van der Waals surface area (Å²) in [6, 6.07) is 14.0. The summed E-state index contributed by atoms with van der Waals surface area (Å²) in [4.78, 5) is 21.8. The number of carboxylic acid groups (broad SMARTS) is 1. The molecule has 1 atom stereocenters. The van der Waals surface area contributed by atoms with Crippen molar-refractivity contribution in [2.24, 2.45) is 0 Å². The van der Waals surface area contributed by atoms with Crippen LogP contribution in [0.1, 0.15) is 5.56 Å². The summed E-state index contributed by atoms with van der Waals surface area (Å²) >= 11 is 1.45. The van der Waals surface area contributed by atoms with Gasteiger partial charge in [0.2, 0.25) is 12.0 Å². The molecule has 2 aliphatic heterocycles. The smallest absolute Gasteiger partial charge is 0.345 e. The standard InChI is InChI=1S/C29H32N2O7SSi/c1-40(2,3)13-12-34-18-37-24-9-8-22-14-20(24)15-25(29(32)33)38-27-26-23(16-39-28(26)31-17-30-27)19-4-6-21(7-5-19)35-10-11-36-22/h4-9,14,16-17,25H,10-13,15,18H2,1-3H3,(H,32,33). The minimum absolute atomic E-state index is 0.0204. The molecule has 4 heterocycles. The van der Waals surface area contributed by atoms with Gasteiger partial charge in [-0.25, -0.2) is 14.8 Å².